The molecule has 0 aliphatic heterocycles. The number of ketones is 2. The van der Waals surface area contributed by atoms with Crippen LogP contribution in [0.15, 0.2) is 0 Å². The maximum atomic E-state index is 12.5. The van der Waals surface area contributed by atoms with E-state index in [1.165, 1.54) is 0 Å². The first-order valence-electron chi connectivity index (χ1n) is 4.01. The normalized spacial score (nSPS) is 13.7. The van der Waals surface area contributed by atoms with E-state index < -0.39 is 42.2 Å². The Bertz CT molecular complexity index is 382. The van der Waals surface area contributed by atoms with Crippen LogP contribution in [-0.2, 0) is 26.7 Å². The molecule has 0 bridgehead atoms. The minimum absolute atomic E-state index is 0. The number of rotatable bonds is 4. The van der Waals surface area contributed by atoms with E-state index in [4.69, 9.17) is 0 Å². The molecule has 0 rings (SSSR count). The number of carbonyl (C=O) groups is 2. The summed E-state index contributed by atoms with van der Waals surface area (Å²) in [6, 6.07) is 0. The second-order valence-corrected chi connectivity index (χ2v) is 3.17. The van der Waals surface area contributed by atoms with Crippen LogP contribution in [0.4, 0.5) is 43.9 Å². The molecule has 0 aliphatic rings. The summed E-state index contributed by atoms with van der Waals surface area (Å²) in [5.74, 6) is -20.0. The third-order valence-corrected chi connectivity index (χ3v) is 1.74. The van der Waals surface area contributed by atoms with Crippen molar-refractivity contribution in [2.24, 2.45) is 0 Å². The molecule has 0 N–H and O–H groups in total. The molecule has 20 heavy (non-hydrogen) atoms. The SMILES string of the molecule is O=C(CC(=O)C(F)(F)C(F)(F)C(F)(F)F)C(F)(F)F.[Cu]. The van der Waals surface area contributed by atoms with E-state index in [2.05, 4.69) is 0 Å². The van der Waals surface area contributed by atoms with Gasteiger partial charge in [0, 0.05) is 17.1 Å². The first-order chi connectivity index (χ1) is 8.05. The van der Waals surface area contributed by atoms with E-state index in [-0.39, 0.29) is 17.1 Å². The van der Waals surface area contributed by atoms with Gasteiger partial charge in [-0.3, -0.25) is 9.59 Å². The summed E-state index contributed by atoms with van der Waals surface area (Å²) < 4.78 is 119. The number of alkyl halides is 10. The van der Waals surface area contributed by atoms with E-state index in [1.54, 1.807) is 0 Å². The van der Waals surface area contributed by atoms with Crippen LogP contribution in [-0.4, -0.2) is 35.8 Å². The van der Waals surface area contributed by atoms with Gasteiger partial charge in [0.2, 0.25) is 11.6 Å². The van der Waals surface area contributed by atoms with E-state index in [9.17, 15) is 53.5 Å². The molecule has 0 aliphatic carbocycles. The molecular weight excluding hydrogens is 370 g/mol. The molecule has 0 atom stereocenters. The predicted octanol–water partition coefficient (Wildman–Crippen LogP) is 2.91. The number of carbonyl (C=O) groups excluding carboxylic acids is 2. The Hall–Kier alpha value is -0.841. The number of halogens is 10. The van der Waals surface area contributed by atoms with Gasteiger partial charge >= 0.3 is 24.2 Å². The Morgan fingerprint density at radius 2 is 1.05 bits per heavy atom. The van der Waals surface area contributed by atoms with Crippen molar-refractivity contribution >= 4 is 11.6 Å². The summed E-state index contributed by atoms with van der Waals surface area (Å²) in [5.41, 5.74) is 0. The zero-order chi connectivity index (χ0) is 15.9. The zero-order valence-electron chi connectivity index (χ0n) is 8.60. The number of Topliss-reactive ketones (excluding diaryl/α,β-unsaturated/α-hetero) is 2. The van der Waals surface area contributed by atoms with Crippen molar-refractivity contribution in [3.63, 3.8) is 0 Å². The fourth-order valence-electron chi connectivity index (χ4n) is 0.710. The topological polar surface area (TPSA) is 34.1 Å². The second-order valence-electron chi connectivity index (χ2n) is 3.17. The first-order valence-corrected chi connectivity index (χ1v) is 4.01. The van der Waals surface area contributed by atoms with Gasteiger partial charge in [0.25, 0.3) is 0 Å². The van der Waals surface area contributed by atoms with Gasteiger partial charge in [-0.05, 0) is 0 Å². The fourth-order valence-corrected chi connectivity index (χ4v) is 0.710. The summed E-state index contributed by atoms with van der Waals surface area (Å²) >= 11 is 0. The average Bonchev–Trinajstić information content (AvgIpc) is 2.13. The maximum absolute atomic E-state index is 12.5. The predicted molar refractivity (Wildman–Crippen MR) is 36.6 cm³/mol. The summed E-state index contributed by atoms with van der Waals surface area (Å²) in [4.78, 5) is 20.5. The van der Waals surface area contributed by atoms with Gasteiger partial charge in [-0.1, -0.05) is 0 Å². The first kappa shape index (κ1) is 21.5. The largest absolute Gasteiger partial charge is 0.460 e. The molecule has 0 spiro atoms. The van der Waals surface area contributed by atoms with Gasteiger partial charge in [-0.25, -0.2) is 0 Å². The van der Waals surface area contributed by atoms with Crippen molar-refractivity contribution in [1.29, 1.82) is 0 Å². The van der Waals surface area contributed by atoms with Crippen LogP contribution in [0.1, 0.15) is 6.42 Å². The van der Waals surface area contributed by atoms with Gasteiger partial charge in [-0.2, -0.15) is 43.9 Å². The Balaban J connectivity index is 0. The van der Waals surface area contributed by atoms with Crippen molar-refractivity contribution in [1.82, 2.24) is 0 Å². The zero-order valence-corrected chi connectivity index (χ0v) is 9.55. The van der Waals surface area contributed by atoms with Crippen LogP contribution in [0.2, 0.25) is 0 Å². The van der Waals surface area contributed by atoms with Crippen molar-refractivity contribution in [2.45, 2.75) is 30.6 Å². The summed E-state index contributed by atoms with van der Waals surface area (Å²) in [7, 11) is 0. The van der Waals surface area contributed by atoms with Gasteiger partial charge in [0.05, 0.1) is 6.42 Å². The third kappa shape index (κ3) is 4.08. The van der Waals surface area contributed by atoms with Crippen LogP contribution in [0.25, 0.3) is 0 Å². The van der Waals surface area contributed by atoms with Crippen LogP contribution >= 0.6 is 0 Å². The Morgan fingerprint density at radius 3 is 1.30 bits per heavy atom. The molecule has 123 valence electrons. The Labute approximate surface area is 114 Å². The molecule has 13 heteroatoms. The van der Waals surface area contributed by atoms with Gasteiger partial charge < -0.3 is 0 Å². The molecule has 0 aromatic rings. The number of hydrogen-bond donors (Lipinski definition) is 0. The molecule has 1 radical (unpaired) electrons. The van der Waals surface area contributed by atoms with Crippen LogP contribution in [0.3, 0.4) is 0 Å². The molecule has 0 fully saturated rings. The van der Waals surface area contributed by atoms with Gasteiger partial charge in [-0.15, -0.1) is 0 Å². The summed E-state index contributed by atoms with van der Waals surface area (Å²) in [5, 5.41) is 0. The summed E-state index contributed by atoms with van der Waals surface area (Å²) in [6.45, 7) is 0. The molecule has 0 unspecified atom stereocenters. The molecule has 0 aromatic carbocycles. The Morgan fingerprint density at radius 1 is 0.700 bits per heavy atom. The molecular formula is C7H2CuF10O2. The number of hydrogen-bond acceptors (Lipinski definition) is 2. The minimum atomic E-state index is -6.89. The van der Waals surface area contributed by atoms with Crippen LogP contribution in [0.5, 0.6) is 0 Å². The molecule has 2 nitrogen and oxygen atoms in total. The molecule has 0 saturated carbocycles. The quantitative estimate of drug-likeness (QED) is 0.433. The molecule has 0 amide bonds. The standard InChI is InChI=1S/C7H2F10O2.Cu/c8-4(9,6(13,14)7(15,16)17)2(18)1-3(19)5(10,11)12;/h1H2;. The molecule has 0 heterocycles. The monoisotopic (exact) mass is 371 g/mol. The summed E-state index contributed by atoms with van der Waals surface area (Å²) in [6.07, 6.45) is -15.5. The minimum Gasteiger partial charge on any atom is -0.292 e. The second kappa shape index (κ2) is 5.88. The van der Waals surface area contributed by atoms with Gasteiger partial charge in [0.1, 0.15) is 0 Å². The van der Waals surface area contributed by atoms with Gasteiger partial charge in [0.15, 0.2) is 0 Å². The van der Waals surface area contributed by atoms with Crippen molar-refractivity contribution in [2.75, 3.05) is 0 Å². The average molecular weight is 372 g/mol. The van der Waals surface area contributed by atoms with Crippen LogP contribution < -0.4 is 0 Å². The van der Waals surface area contributed by atoms with Crippen molar-refractivity contribution in [3.8, 4) is 0 Å². The van der Waals surface area contributed by atoms with E-state index in [1.807, 2.05) is 0 Å². The smallest absolute Gasteiger partial charge is 0.292 e. The maximum Gasteiger partial charge on any atom is 0.460 e. The Kier molecular flexibility index (Phi) is 6.31. The van der Waals surface area contributed by atoms with E-state index in [0.29, 0.717) is 0 Å². The fraction of sp³-hybridized carbons (Fsp3) is 0.714. The van der Waals surface area contributed by atoms with E-state index in [0.717, 1.165) is 0 Å². The molecule has 0 saturated heterocycles. The van der Waals surface area contributed by atoms with Crippen LogP contribution in [0, 0.1) is 0 Å². The van der Waals surface area contributed by atoms with Crippen molar-refractivity contribution in [3.05, 3.63) is 0 Å². The van der Waals surface area contributed by atoms with E-state index >= 15 is 0 Å². The third-order valence-electron chi connectivity index (χ3n) is 1.74. The van der Waals surface area contributed by atoms with Crippen molar-refractivity contribution < 1.29 is 70.6 Å². The molecule has 0 aromatic heterocycles.